The average Bonchev–Trinajstić information content (AvgIpc) is 2.95. The topological polar surface area (TPSA) is 94.8 Å². The SMILES string of the molecule is CCOC(=O)c1cnc(C)nc1Nc1cc(C)nn1-c1ncc(Cl)cc1Cl. The molecule has 1 N–H and O–H groups in total. The van der Waals surface area contributed by atoms with Crippen LogP contribution in [0.4, 0.5) is 11.6 Å². The zero-order valence-corrected chi connectivity index (χ0v) is 16.3. The van der Waals surface area contributed by atoms with Gasteiger partial charge in [-0.25, -0.2) is 19.7 Å². The maximum absolute atomic E-state index is 12.2. The second-order valence-electron chi connectivity index (χ2n) is 5.57. The summed E-state index contributed by atoms with van der Waals surface area (Å²) >= 11 is 12.2. The van der Waals surface area contributed by atoms with Gasteiger partial charge in [0.15, 0.2) is 5.82 Å². The third-order valence-corrected chi connectivity index (χ3v) is 3.96. The fourth-order valence-corrected chi connectivity index (χ4v) is 2.82. The summed E-state index contributed by atoms with van der Waals surface area (Å²) in [6.45, 7) is 5.52. The van der Waals surface area contributed by atoms with Gasteiger partial charge >= 0.3 is 5.97 Å². The molecule has 3 rings (SSSR count). The molecule has 0 bridgehead atoms. The van der Waals surface area contributed by atoms with Gasteiger partial charge in [0.25, 0.3) is 0 Å². The first-order valence-electron chi connectivity index (χ1n) is 8.05. The lowest BCUT2D eigenvalue weighted by Crippen LogP contribution is -2.13. The molecular formula is C17H16Cl2N6O2. The second-order valence-corrected chi connectivity index (χ2v) is 6.41. The monoisotopic (exact) mass is 406 g/mol. The molecule has 0 spiro atoms. The van der Waals surface area contributed by atoms with Gasteiger partial charge in [0, 0.05) is 18.5 Å². The number of pyridine rings is 1. The zero-order chi connectivity index (χ0) is 19.6. The third-order valence-electron chi connectivity index (χ3n) is 3.47. The smallest absolute Gasteiger partial charge is 0.343 e. The molecular weight excluding hydrogens is 391 g/mol. The first-order chi connectivity index (χ1) is 12.9. The van der Waals surface area contributed by atoms with Crippen LogP contribution in [0.5, 0.6) is 0 Å². The lowest BCUT2D eigenvalue weighted by Gasteiger charge is -2.12. The van der Waals surface area contributed by atoms with Crippen LogP contribution in [0.1, 0.15) is 28.8 Å². The normalized spacial score (nSPS) is 10.7. The summed E-state index contributed by atoms with van der Waals surface area (Å²) in [6, 6.07) is 3.35. The Kier molecular flexibility index (Phi) is 5.57. The van der Waals surface area contributed by atoms with E-state index in [-0.39, 0.29) is 12.2 Å². The highest BCUT2D eigenvalue weighted by molar-refractivity contribution is 6.35. The molecule has 0 saturated heterocycles. The molecule has 0 aliphatic rings. The summed E-state index contributed by atoms with van der Waals surface area (Å²) < 4.78 is 6.58. The van der Waals surface area contributed by atoms with E-state index in [1.165, 1.54) is 17.1 Å². The number of hydrogen-bond donors (Lipinski definition) is 1. The lowest BCUT2D eigenvalue weighted by atomic mass is 10.3. The van der Waals surface area contributed by atoms with Crippen molar-refractivity contribution < 1.29 is 9.53 Å². The molecule has 10 heteroatoms. The fourth-order valence-electron chi connectivity index (χ4n) is 2.36. The largest absolute Gasteiger partial charge is 0.462 e. The minimum atomic E-state index is -0.523. The Labute approximate surface area is 165 Å². The highest BCUT2D eigenvalue weighted by atomic mass is 35.5. The number of rotatable bonds is 5. The summed E-state index contributed by atoms with van der Waals surface area (Å²) in [5.41, 5.74) is 0.928. The second kappa shape index (κ2) is 7.89. The van der Waals surface area contributed by atoms with Crippen LogP contribution in [0.15, 0.2) is 24.5 Å². The Balaban J connectivity index is 2.05. The van der Waals surface area contributed by atoms with E-state index in [0.29, 0.717) is 39.0 Å². The first-order valence-corrected chi connectivity index (χ1v) is 8.80. The molecule has 0 saturated carbocycles. The average molecular weight is 407 g/mol. The Morgan fingerprint density at radius 2 is 2.00 bits per heavy atom. The predicted octanol–water partition coefficient (Wildman–Crippen LogP) is 3.90. The number of esters is 1. The Morgan fingerprint density at radius 1 is 1.22 bits per heavy atom. The first kappa shape index (κ1) is 19.1. The molecule has 27 heavy (non-hydrogen) atoms. The summed E-state index contributed by atoms with van der Waals surface area (Å²) in [7, 11) is 0. The van der Waals surface area contributed by atoms with Crippen molar-refractivity contribution in [1.29, 1.82) is 0 Å². The molecule has 0 aliphatic carbocycles. The van der Waals surface area contributed by atoms with E-state index < -0.39 is 5.97 Å². The van der Waals surface area contributed by atoms with E-state index >= 15 is 0 Å². The number of nitrogens with one attached hydrogen (secondary N) is 1. The lowest BCUT2D eigenvalue weighted by molar-refractivity contribution is 0.0526. The molecule has 0 unspecified atom stereocenters. The number of carbonyl (C=O) groups excluding carboxylic acids is 1. The van der Waals surface area contributed by atoms with Crippen molar-refractivity contribution in [3.8, 4) is 5.82 Å². The molecule has 3 aromatic rings. The van der Waals surface area contributed by atoms with E-state index in [1.807, 2.05) is 6.92 Å². The molecule has 0 aromatic carbocycles. The van der Waals surface area contributed by atoms with Crippen LogP contribution in [0.2, 0.25) is 10.0 Å². The van der Waals surface area contributed by atoms with Crippen LogP contribution < -0.4 is 5.32 Å². The highest BCUT2D eigenvalue weighted by Crippen LogP contribution is 2.27. The van der Waals surface area contributed by atoms with Crippen LogP contribution in [-0.4, -0.2) is 37.3 Å². The van der Waals surface area contributed by atoms with Crippen molar-refractivity contribution in [2.24, 2.45) is 0 Å². The zero-order valence-electron chi connectivity index (χ0n) is 14.8. The minimum Gasteiger partial charge on any atom is -0.462 e. The van der Waals surface area contributed by atoms with Gasteiger partial charge in [-0.2, -0.15) is 9.78 Å². The molecule has 0 amide bonds. The molecule has 0 aliphatic heterocycles. The Morgan fingerprint density at radius 3 is 2.70 bits per heavy atom. The van der Waals surface area contributed by atoms with Gasteiger partial charge in [0.1, 0.15) is 23.0 Å². The van der Waals surface area contributed by atoms with Crippen molar-refractivity contribution in [3.05, 3.63) is 51.7 Å². The quantitative estimate of drug-likeness (QED) is 0.641. The van der Waals surface area contributed by atoms with E-state index in [9.17, 15) is 4.79 Å². The van der Waals surface area contributed by atoms with Crippen molar-refractivity contribution >= 4 is 40.8 Å². The summed E-state index contributed by atoms with van der Waals surface area (Å²) in [5.74, 6) is 1.18. The summed E-state index contributed by atoms with van der Waals surface area (Å²) in [6.07, 6.45) is 2.90. The maximum Gasteiger partial charge on any atom is 0.343 e. The Hall–Kier alpha value is -2.71. The van der Waals surface area contributed by atoms with Crippen LogP contribution >= 0.6 is 23.2 Å². The predicted molar refractivity (Wildman–Crippen MR) is 102 cm³/mol. The van der Waals surface area contributed by atoms with Gasteiger partial charge < -0.3 is 10.1 Å². The number of aromatic nitrogens is 5. The van der Waals surface area contributed by atoms with Gasteiger partial charge in [0.05, 0.1) is 22.3 Å². The van der Waals surface area contributed by atoms with Crippen molar-refractivity contribution in [2.75, 3.05) is 11.9 Å². The summed E-state index contributed by atoms with van der Waals surface area (Å²) in [4.78, 5) is 24.8. The molecule has 0 atom stereocenters. The van der Waals surface area contributed by atoms with Crippen LogP contribution in [-0.2, 0) is 4.74 Å². The van der Waals surface area contributed by atoms with Gasteiger partial charge in [-0.05, 0) is 26.8 Å². The molecule has 140 valence electrons. The summed E-state index contributed by atoms with van der Waals surface area (Å²) in [5, 5.41) is 8.25. The number of carbonyl (C=O) groups is 1. The minimum absolute atomic E-state index is 0.211. The van der Waals surface area contributed by atoms with Crippen molar-refractivity contribution in [1.82, 2.24) is 24.7 Å². The molecule has 8 nitrogen and oxygen atoms in total. The van der Waals surface area contributed by atoms with E-state index in [1.54, 1.807) is 26.0 Å². The Bertz CT molecular complexity index is 1010. The van der Waals surface area contributed by atoms with Gasteiger partial charge in [-0.1, -0.05) is 23.2 Å². The highest BCUT2D eigenvalue weighted by Gasteiger charge is 2.19. The molecule has 3 heterocycles. The third kappa shape index (κ3) is 4.17. The number of aryl methyl sites for hydroxylation is 2. The van der Waals surface area contributed by atoms with Crippen LogP contribution in [0, 0.1) is 13.8 Å². The van der Waals surface area contributed by atoms with Crippen molar-refractivity contribution in [2.45, 2.75) is 20.8 Å². The number of ether oxygens (including phenoxy) is 1. The molecule has 0 fully saturated rings. The van der Waals surface area contributed by atoms with Crippen molar-refractivity contribution in [3.63, 3.8) is 0 Å². The van der Waals surface area contributed by atoms with E-state index in [0.717, 1.165) is 0 Å². The van der Waals surface area contributed by atoms with Gasteiger partial charge in [0.2, 0.25) is 0 Å². The fraction of sp³-hybridized carbons (Fsp3) is 0.235. The van der Waals surface area contributed by atoms with E-state index in [4.69, 9.17) is 27.9 Å². The number of hydrogen-bond acceptors (Lipinski definition) is 7. The number of anilines is 2. The number of halogens is 2. The molecule has 3 aromatic heterocycles. The van der Waals surface area contributed by atoms with Crippen LogP contribution in [0.25, 0.3) is 5.82 Å². The van der Waals surface area contributed by atoms with E-state index in [2.05, 4.69) is 25.4 Å². The maximum atomic E-state index is 12.2. The molecule has 0 radical (unpaired) electrons. The standard InChI is InChI=1S/C17H16Cl2N6O2/c1-4-27-17(26)12-8-20-10(3)22-15(12)23-14-5-9(2)24-25(14)16-13(19)6-11(18)7-21-16/h5-8H,4H2,1-3H3,(H,20,22,23). The number of nitrogens with zero attached hydrogens (tertiary/aromatic N) is 5. The van der Waals surface area contributed by atoms with Gasteiger partial charge in [-0.3, -0.25) is 0 Å². The van der Waals surface area contributed by atoms with Gasteiger partial charge in [-0.15, -0.1) is 0 Å². The van der Waals surface area contributed by atoms with Crippen LogP contribution in [0.3, 0.4) is 0 Å².